The van der Waals surface area contributed by atoms with E-state index in [0.717, 1.165) is 0 Å². The number of halogens is 3. The summed E-state index contributed by atoms with van der Waals surface area (Å²) in [5.74, 6) is -2.00. The van der Waals surface area contributed by atoms with Gasteiger partial charge in [-0.15, -0.1) is 0 Å². The van der Waals surface area contributed by atoms with Crippen LogP contribution in [0.4, 0.5) is 18.9 Å². The zero-order valence-electron chi connectivity index (χ0n) is 14.4. The molecule has 0 radical (unpaired) electrons. The maximum Gasteiger partial charge on any atom is 0.454 e. The molecule has 0 fully saturated rings. The molecule has 0 spiro atoms. The molecule has 0 aliphatic heterocycles. The van der Waals surface area contributed by atoms with Crippen LogP contribution in [0.25, 0.3) is 5.57 Å². The standard InChI is InChI=1S/C20H18F3NO2/c1-3-24(17-11-9-15(10-12-17)14(2)25)13-18(19(26)20(21,22)23)16-7-5-4-6-8-16/h4-13H,3H2,1-2H3/b18-13-. The summed E-state index contributed by atoms with van der Waals surface area (Å²) in [5, 5.41) is 0. The highest BCUT2D eigenvalue weighted by Gasteiger charge is 2.41. The van der Waals surface area contributed by atoms with E-state index in [4.69, 9.17) is 0 Å². The number of hydrogen-bond acceptors (Lipinski definition) is 3. The van der Waals surface area contributed by atoms with E-state index in [1.165, 1.54) is 30.2 Å². The van der Waals surface area contributed by atoms with Crippen molar-refractivity contribution in [2.45, 2.75) is 20.0 Å². The van der Waals surface area contributed by atoms with Crippen molar-refractivity contribution in [2.24, 2.45) is 0 Å². The number of carbonyl (C=O) groups is 2. The Bertz CT molecular complexity index is 809. The minimum atomic E-state index is -4.97. The number of ketones is 2. The summed E-state index contributed by atoms with van der Waals surface area (Å²) >= 11 is 0. The van der Waals surface area contributed by atoms with Gasteiger partial charge in [-0.25, -0.2) is 0 Å². The number of hydrogen-bond donors (Lipinski definition) is 0. The quantitative estimate of drug-likeness (QED) is 0.543. The van der Waals surface area contributed by atoms with Gasteiger partial charge in [0.15, 0.2) is 5.78 Å². The Balaban J connectivity index is 2.49. The number of carbonyl (C=O) groups excluding carboxylic acids is 2. The minimum absolute atomic E-state index is 0.104. The fourth-order valence-corrected chi connectivity index (χ4v) is 2.43. The topological polar surface area (TPSA) is 37.4 Å². The predicted molar refractivity (Wildman–Crippen MR) is 94.9 cm³/mol. The SMILES string of the molecule is CCN(/C=C(\C(=O)C(F)(F)F)c1ccccc1)c1ccc(C(C)=O)cc1. The Morgan fingerprint density at radius 3 is 2.00 bits per heavy atom. The number of alkyl halides is 3. The molecular weight excluding hydrogens is 343 g/mol. The average molecular weight is 361 g/mol. The molecule has 0 aliphatic rings. The summed E-state index contributed by atoms with van der Waals surface area (Å²) in [4.78, 5) is 24.8. The Labute approximate surface area is 149 Å². The van der Waals surface area contributed by atoms with E-state index in [1.807, 2.05) is 0 Å². The first-order chi connectivity index (χ1) is 12.2. The van der Waals surface area contributed by atoms with Crippen molar-refractivity contribution in [3.63, 3.8) is 0 Å². The third kappa shape index (κ3) is 4.59. The number of benzene rings is 2. The Hall–Kier alpha value is -2.89. The van der Waals surface area contributed by atoms with E-state index >= 15 is 0 Å². The summed E-state index contributed by atoms with van der Waals surface area (Å²) in [5.41, 5.74) is 0.841. The van der Waals surface area contributed by atoms with Gasteiger partial charge in [-0.05, 0) is 43.7 Å². The van der Waals surface area contributed by atoms with Gasteiger partial charge in [0, 0.05) is 24.0 Å². The second-order valence-electron chi connectivity index (χ2n) is 5.62. The fraction of sp³-hybridized carbons (Fsp3) is 0.200. The molecular formula is C20H18F3NO2. The smallest absolute Gasteiger partial charge is 0.348 e. The van der Waals surface area contributed by atoms with Crippen LogP contribution in [-0.2, 0) is 4.79 Å². The van der Waals surface area contributed by atoms with Crippen LogP contribution in [0.15, 0.2) is 60.8 Å². The molecule has 0 bridgehead atoms. The summed E-state index contributed by atoms with van der Waals surface area (Å²) in [7, 11) is 0. The molecule has 26 heavy (non-hydrogen) atoms. The van der Waals surface area contributed by atoms with Crippen molar-refractivity contribution in [3.8, 4) is 0 Å². The van der Waals surface area contributed by atoms with Gasteiger partial charge in [-0.3, -0.25) is 9.59 Å². The van der Waals surface area contributed by atoms with E-state index in [-0.39, 0.29) is 11.3 Å². The van der Waals surface area contributed by atoms with E-state index in [1.54, 1.807) is 49.4 Å². The monoisotopic (exact) mass is 361 g/mol. The van der Waals surface area contributed by atoms with Crippen molar-refractivity contribution >= 4 is 22.8 Å². The van der Waals surface area contributed by atoms with Crippen LogP contribution in [-0.4, -0.2) is 24.3 Å². The molecule has 6 heteroatoms. The van der Waals surface area contributed by atoms with Gasteiger partial charge in [0.05, 0.1) is 5.57 Å². The van der Waals surface area contributed by atoms with Gasteiger partial charge < -0.3 is 4.90 Å². The van der Waals surface area contributed by atoms with Gasteiger partial charge in [0.2, 0.25) is 0 Å². The molecule has 0 N–H and O–H groups in total. The second kappa shape index (κ2) is 7.99. The minimum Gasteiger partial charge on any atom is -0.348 e. The van der Waals surface area contributed by atoms with Crippen molar-refractivity contribution in [2.75, 3.05) is 11.4 Å². The lowest BCUT2D eigenvalue weighted by Crippen LogP contribution is -2.26. The van der Waals surface area contributed by atoms with Gasteiger partial charge >= 0.3 is 6.18 Å². The molecule has 0 atom stereocenters. The van der Waals surface area contributed by atoms with Crippen LogP contribution in [0.2, 0.25) is 0 Å². The van der Waals surface area contributed by atoms with Gasteiger partial charge in [0.1, 0.15) is 0 Å². The lowest BCUT2D eigenvalue weighted by molar-refractivity contribution is -0.164. The average Bonchev–Trinajstić information content (AvgIpc) is 2.62. The normalized spacial score (nSPS) is 12.0. The van der Waals surface area contributed by atoms with Crippen LogP contribution >= 0.6 is 0 Å². The van der Waals surface area contributed by atoms with E-state index in [9.17, 15) is 22.8 Å². The van der Waals surface area contributed by atoms with E-state index < -0.39 is 17.5 Å². The Morgan fingerprint density at radius 1 is 0.962 bits per heavy atom. The fourth-order valence-electron chi connectivity index (χ4n) is 2.43. The summed E-state index contributed by atoms with van der Waals surface area (Å²) in [6.07, 6.45) is -3.77. The number of anilines is 1. The van der Waals surface area contributed by atoms with Crippen LogP contribution in [0.5, 0.6) is 0 Å². The van der Waals surface area contributed by atoms with Gasteiger partial charge in [-0.2, -0.15) is 13.2 Å². The highest BCUT2D eigenvalue weighted by Crippen LogP contribution is 2.28. The maximum atomic E-state index is 13.0. The zero-order chi connectivity index (χ0) is 19.3. The first-order valence-corrected chi connectivity index (χ1v) is 8.00. The van der Waals surface area contributed by atoms with Gasteiger partial charge in [0.25, 0.3) is 5.78 Å². The summed E-state index contributed by atoms with van der Waals surface area (Å²) in [6, 6.07) is 14.2. The molecule has 0 saturated heterocycles. The number of nitrogens with zero attached hydrogens (tertiary/aromatic N) is 1. The molecule has 2 rings (SSSR count). The molecule has 136 valence electrons. The lowest BCUT2D eigenvalue weighted by atomic mass is 10.0. The predicted octanol–water partition coefficient (Wildman–Crippen LogP) is 4.89. The molecule has 0 unspecified atom stereocenters. The van der Waals surface area contributed by atoms with Crippen molar-refractivity contribution in [1.29, 1.82) is 0 Å². The molecule has 0 heterocycles. The van der Waals surface area contributed by atoms with Crippen LogP contribution < -0.4 is 4.90 Å². The van der Waals surface area contributed by atoms with Gasteiger partial charge in [-0.1, -0.05) is 30.3 Å². The molecule has 0 saturated carbocycles. The second-order valence-corrected chi connectivity index (χ2v) is 5.62. The molecule has 3 nitrogen and oxygen atoms in total. The highest BCUT2D eigenvalue weighted by atomic mass is 19.4. The lowest BCUT2D eigenvalue weighted by Gasteiger charge is -2.21. The van der Waals surface area contributed by atoms with Crippen LogP contribution in [0, 0.1) is 0 Å². The Morgan fingerprint density at radius 2 is 1.54 bits per heavy atom. The number of allylic oxidation sites excluding steroid dienone is 1. The molecule has 0 aromatic heterocycles. The molecule has 2 aromatic rings. The third-order valence-electron chi connectivity index (χ3n) is 3.82. The third-order valence-corrected chi connectivity index (χ3v) is 3.82. The molecule has 0 amide bonds. The highest BCUT2D eigenvalue weighted by molar-refractivity contribution is 6.23. The maximum absolute atomic E-state index is 13.0. The largest absolute Gasteiger partial charge is 0.454 e. The molecule has 2 aromatic carbocycles. The summed E-state index contributed by atoms with van der Waals surface area (Å²) in [6.45, 7) is 3.54. The van der Waals surface area contributed by atoms with E-state index in [0.29, 0.717) is 17.8 Å². The van der Waals surface area contributed by atoms with Crippen molar-refractivity contribution < 1.29 is 22.8 Å². The van der Waals surface area contributed by atoms with Crippen LogP contribution in [0.3, 0.4) is 0 Å². The van der Waals surface area contributed by atoms with E-state index in [2.05, 4.69) is 0 Å². The van der Waals surface area contributed by atoms with Crippen molar-refractivity contribution in [1.82, 2.24) is 0 Å². The number of Topliss-reactive ketones (excluding diaryl/α,β-unsaturated/α-hetero) is 2. The first-order valence-electron chi connectivity index (χ1n) is 8.00. The zero-order valence-corrected chi connectivity index (χ0v) is 14.4. The molecule has 0 aliphatic carbocycles. The van der Waals surface area contributed by atoms with Crippen molar-refractivity contribution in [3.05, 3.63) is 71.9 Å². The Kier molecular flexibility index (Phi) is 5.97. The number of rotatable bonds is 6. The summed E-state index contributed by atoms with van der Waals surface area (Å²) < 4.78 is 39.1. The van der Waals surface area contributed by atoms with Crippen LogP contribution in [0.1, 0.15) is 29.8 Å². The first kappa shape index (κ1) is 19.4.